The van der Waals surface area contributed by atoms with Crippen LogP contribution in [0.2, 0.25) is 0 Å². The number of phenolic OH excluding ortho intramolecular Hbond substituents is 1. The Kier molecular flexibility index (Phi) is 3.29. The van der Waals surface area contributed by atoms with Crippen LogP contribution in [0.1, 0.15) is 0 Å². The molecule has 1 N–H and O–H groups in total. The Balaban J connectivity index is 2.16. The average molecular weight is 432 g/mol. The number of aromatic nitrogens is 1. The molecule has 0 aliphatic carbocycles. The third kappa shape index (κ3) is 2.26. The largest absolute Gasteiger partial charge is 0.507 e. The molecule has 0 saturated heterocycles. The highest BCUT2D eigenvalue weighted by atomic mass is 127. The van der Waals surface area contributed by atoms with Crippen LogP contribution in [0.25, 0.3) is 20.8 Å². The number of halogens is 2. The van der Waals surface area contributed by atoms with E-state index in [0.717, 1.165) is 28.8 Å². The summed E-state index contributed by atoms with van der Waals surface area (Å²) < 4.78 is 3.05. The van der Waals surface area contributed by atoms with Crippen LogP contribution in [0.3, 0.4) is 0 Å². The van der Waals surface area contributed by atoms with Crippen molar-refractivity contribution in [1.82, 2.24) is 4.98 Å². The summed E-state index contributed by atoms with van der Waals surface area (Å²) in [5.74, 6) is 0.309. The number of fused-ring (bicyclic) bond motifs is 1. The zero-order chi connectivity index (χ0) is 12.7. The Hall–Kier alpha value is -0.660. The van der Waals surface area contributed by atoms with Crippen LogP contribution in [0.15, 0.2) is 40.9 Å². The minimum atomic E-state index is 0.309. The zero-order valence-electron chi connectivity index (χ0n) is 9.02. The topological polar surface area (TPSA) is 33.1 Å². The molecule has 0 saturated carbocycles. The van der Waals surface area contributed by atoms with Crippen molar-refractivity contribution in [2.75, 3.05) is 0 Å². The molecule has 0 fully saturated rings. The first-order chi connectivity index (χ1) is 8.63. The molecule has 3 rings (SSSR count). The van der Waals surface area contributed by atoms with Gasteiger partial charge in [-0.3, -0.25) is 0 Å². The van der Waals surface area contributed by atoms with Crippen LogP contribution in [0.4, 0.5) is 0 Å². The lowest BCUT2D eigenvalue weighted by Gasteiger charge is -1.99. The fourth-order valence-electron chi connectivity index (χ4n) is 1.66. The highest BCUT2D eigenvalue weighted by Gasteiger charge is 2.08. The normalized spacial score (nSPS) is 11.0. The van der Waals surface area contributed by atoms with E-state index in [4.69, 9.17) is 0 Å². The van der Waals surface area contributed by atoms with E-state index in [2.05, 4.69) is 49.6 Å². The Morgan fingerprint density at radius 2 is 2.00 bits per heavy atom. The van der Waals surface area contributed by atoms with Crippen LogP contribution in [0.5, 0.6) is 5.75 Å². The summed E-state index contributed by atoms with van der Waals surface area (Å²) in [7, 11) is 0. The molecular weight excluding hydrogens is 425 g/mol. The summed E-state index contributed by atoms with van der Waals surface area (Å²) >= 11 is 7.24. The van der Waals surface area contributed by atoms with E-state index in [0.29, 0.717) is 5.75 Å². The Labute approximate surface area is 130 Å². The smallest absolute Gasteiger partial charge is 0.128 e. The number of nitrogens with zero attached hydrogens (tertiary/aromatic N) is 1. The number of hydrogen-bond donors (Lipinski definition) is 1. The fourth-order valence-corrected chi connectivity index (χ4v) is 3.69. The van der Waals surface area contributed by atoms with E-state index < -0.39 is 0 Å². The van der Waals surface area contributed by atoms with Gasteiger partial charge in [0.15, 0.2) is 0 Å². The van der Waals surface area contributed by atoms with Crippen molar-refractivity contribution in [1.29, 1.82) is 0 Å². The van der Waals surface area contributed by atoms with Gasteiger partial charge >= 0.3 is 0 Å². The van der Waals surface area contributed by atoms with Gasteiger partial charge in [0.25, 0.3) is 0 Å². The fraction of sp³-hybridized carbons (Fsp3) is 0. The van der Waals surface area contributed by atoms with Gasteiger partial charge in [-0.1, -0.05) is 15.9 Å². The molecule has 0 bridgehead atoms. The summed E-state index contributed by atoms with van der Waals surface area (Å²) in [5.41, 5.74) is 2.04. The molecule has 0 aliphatic rings. The van der Waals surface area contributed by atoms with Crippen LogP contribution in [0, 0.1) is 3.57 Å². The summed E-state index contributed by atoms with van der Waals surface area (Å²) in [6.07, 6.45) is 0. The lowest BCUT2D eigenvalue weighted by molar-refractivity contribution is 0.471. The van der Waals surface area contributed by atoms with Gasteiger partial charge in [0.1, 0.15) is 10.8 Å². The summed E-state index contributed by atoms with van der Waals surface area (Å²) in [6.45, 7) is 0. The van der Waals surface area contributed by atoms with E-state index in [9.17, 15) is 5.11 Å². The summed E-state index contributed by atoms with van der Waals surface area (Å²) in [4.78, 5) is 4.61. The molecule has 1 heterocycles. The van der Waals surface area contributed by atoms with E-state index in [1.165, 1.54) is 0 Å². The Morgan fingerprint density at radius 3 is 2.78 bits per heavy atom. The van der Waals surface area contributed by atoms with E-state index >= 15 is 0 Å². The van der Waals surface area contributed by atoms with Gasteiger partial charge in [-0.2, -0.15) is 0 Å². The quantitative estimate of drug-likeness (QED) is 0.547. The second kappa shape index (κ2) is 4.79. The SMILES string of the molecule is Oc1ccc(-c2nc3ccc(Br)cc3s2)cc1I. The second-order valence-electron chi connectivity index (χ2n) is 3.80. The van der Waals surface area contributed by atoms with Crippen LogP contribution in [-0.2, 0) is 0 Å². The van der Waals surface area contributed by atoms with Crippen molar-refractivity contribution >= 4 is 60.1 Å². The molecule has 18 heavy (non-hydrogen) atoms. The highest BCUT2D eigenvalue weighted by molar-refractivity contribution is 14.1. The van der Waals surface area contributed by atoms with Gasteiger partial charge < -0.3 is 5.11 Å². The van der Waals surface area contributed by atoms with Crippen LogP contribution < -0.4 is 0 Å². The lowest BCUT2D eigenvalue weighted by Crippen LogP contribution is -1.78. The zero-order valence-corrected chi connectivity index (χ0v) is 13.6. The van der Waals surface area contributed by atoms with Gasteiger partial charge in [0.2, 0.25) is 0 Å². The highest BCUT2D eigenvalue weighted by Crippen LogP contribution is 2.33. The van der Waals surface area contributed by atoms with Crippen LogP contribution in [-0.4, -0.2) is 10.1 Å². The van der Waals surface area contributed by atoms with Crippen molar-refractivity contribution in [3.63, 3.8) is 0 Å². The third-order valence-corrected chi connectivity index (χ3v) is 4.97. The Bertz CT molecular complexity index is 741. The Morgan fingerprint density at radius 1 is 1.17 bits per heavy atom. The van der Waals surface area contributed by atoms with Crippen molar-refractivity contribution in [2.24, 2.45) is 0 Å². The number of rotatable bonds is 1. The molecule has 0 radical (unpaired) electrons. The van der Waals surface area contributed by atoms with Crippen molar-refractivity contribution < 1.29 is 5.11 Å². The van der Waals surface area contributed by atoms with Crippen molar-refractivity contribution in [3.05, 3.63) is 44.4 Å². The predicted molar refractivity (Wildman–Crippen MR) is 87.1 cm³/mol. The maximum Gasteiger partial charge on any atom is 0.128 e. The number of benzene rings is 2. The first-order valence-electron chi connectivity index (χ1n) is 5.18. The molecule has 0 amide bonds. The second-order valence-corrected chi connectivity index (χ2v) is 6.91. The van der Waals surface area contributed by atoms with E-state index in [-0.39, 0.29) is 0 Å². The summed E-state index contributed by atoms with van der Waals surface area (Å²) in [5, 5.41) is 10.5. The predicted octanol–water partition coefficient (Wildman–Crippen LogP) is 5.04. The van der Waals surface area contributed by atoms with Gasteiger partial charge in [-0.05, 0) is 59.0 Å². The molecule has 1 aromatic heterocycles. The van der Waals surface area contributed by atoms with Gasteiger partial charge in [-0.25, -0.2) is 4.98 Å². The first-order valence-corrected chi connectivity index (χ1v) is 7.87. The van der Waals surface area contributed by atoms with Gasteiger partial charge in [0, 0.05) is 10.0 Å². The molecule has 2 aromatic carbocycles. The minimum Gasteiger partial charge on any atom is -0.507 e. The lowest BCUT2D eigenvalue weighted by atomic mass is 10.2. The molecule has 0 atom stereocenters. The molecule has 0 unspecified atom stereocenters. The first kappa shape index (κ1) is 12.4. The van der Waals surface area contributed by atoms with Crippen LogP contribution >= 0.6 is 49.9 Å². The maximum absolute atomic E-state index is 9.54. The van der Waals surface area contributed by atoms with Crippen molar-refractivity contribution in [3.8, 4) is 16.3 Å². The number of thiazole rings is 1. The minimum absolute atomic E-state index is 0.309. The van der Waals surface area contributed by atoms with Crippen molar-refractivity contribution in [2.45, 2.75) is 0 Å². The number of phenols is 1. The monoisotopic (exact) mass is 431 g/mol. The summed E-state index contributed by atoms with van der Waals surface area (Å²) in [6, 6.07) is 11.6. The van der Waals surface area contributed by atoms with E-state index in [1.54, 1.807) is 17.4 Å². The van der Waals surface area contributed by atoms with Gasteiger partial charge in [0.05, 0.1) is 13.8 Å². The van der Waals surface area contributed by atoms with Gasteiger partial charge in [-0.15, -0.1) is 11.3 Å². The van der Waals surface area contributed by atoms with E-state index in [1.807, 2.05) is 24.3 Å². The standard InChI is InChI=1S/C13H7BrINOS/c14-8-2-3-10-12(6-8)18-13(16-10)7-1-4-11(17)9(15)5-7/h1-6,17H. The number of hydrogen-bond acceptors (Lipinski definition) is 3. The molecular formula is C13H7BrINOS. The number of aromatic hydroxyl groups is 1. The average Bonchev–Trinajstić information content (AvgIpc) is 2.75. The molecule has 5 heteroatoms. The third-order valence-electron chi connectivity index (χ3n) is 2.55. The maximum atomic E-state index is 9.54. The molecule has 3 aromatic rings. The molecule has 0 aliphatic heterocycles. The molecule has 90 valence electrons. The molecule has 2 nitrogen and oxygen atoms in total. The molecule has 0 spiro atoms.